The molecular formula is C22H30N2O2. The first kappa shape index (κ1) is 20.0. The Labute approximate surface area is 157 Å². The fourth-order valence-corrected chi connectivity index (χ4v) is 2.74. The highest BCUT2D eigenvalue weighted by Crippen LogP contribution is 2.22. The zero-order chi connectivity index (χ0) is 19.1. The minimum atomic E-state index is -0.564. The lowest BCUT2D eigenvalue weighted by molar-refractivity contribution is -0.122. The van der Waals surface area contributed by atoms with Gasteiger partial charge in [-0.2, -0.15) is 0 Å². The Hall–Kier alpha value is -2.33. The molecule has 0 aliphatic carbocycles. The summed E-state index contributed by atoms with van der Waals surface area (Å²) in [5, 5.41) is 2.93. The van der Waals surface area contributed by atoms with Gasteiger partial charge in [0.1, 0.15) is 5.75 Å². The molecular weight excluding hydrogens is 324 g/mol. The minimum absolute atomic E-state index is 0.151. The van der Waals surface area contributed by atoms with Gasteiger partial charge in [-0.3, -0.25) is 9.69 Å². The molecule has 0 unspecified atom stereocenters. The molecule has 0 aromatic heterocycles. The van der Waals surface area contributed by atoms with E-state index in [-0.39, 0.29) is 5.91 Å². The van der Waals surface area contributed by atoms with Crippen LogP contribution in [0.1, 0.15) is 37.5 Å². The van der Waals surface area contributed by atoms with E-state index in [1.165, 1.54) is 5.56 Å². The van der Waals surface area contributed by atoms with Crippen molar-refractivity contribution in [2.24, 2.45) is 0 Å². The van der Waals surface area contributed by atoms with Crippen molar-refractivity contribution in [1.82, 2.24) is 4.90 Å². The molecule has 0 radical (unpaired) electrons. The third-order valence-electron chi connectivity index (χ3n) is 4.75. The van der Waals surface area contributed by atoms with Crippen LogP contribution >= 0.6 is 0 Å². The number of benzene rings is 2. The Bertz CT molecular complexity index is 721. The average Bonchev–Trinajstić information content (AvgIpc) is 2.64. The van der Waals surface area contributed by atoms with Gasteiger partial charge < -0.3 is 10.1 Å². The summed E-state index contributed by atoms with van der Waals surface area (Å²) in [7, 11) is 0. The van der Waals surface area contributed by atoms with Crippen molar-refractivity contribution in [2.75, 3.05) is 18.4 Å². The summed E-state index contributed by atoms with van der Waals surface area (Å²) in [6, 6.07) is 13.9. The van der Waals surface area contributed by atoms with Crippen LogP contribution in [0.2, 0.25) is 0 Å². The monoisotopic (exact) mass is 354 g/mol. The first-order valence-electron chi connectivity index (χ1n) is 9.29. The number of nitrogens with one attached hydrogen (secondary N) is 1. The van der Waals surface area contributed by atoms with E-state index in [1.54, 1.807) is 6.92 Å². The molecule has 2 aromatic rings. The van der Waals surface area contributed by atoms with Gasteiger partial charge >= 0.3 is 0 Å². The molecule has 0 bridgehead atoms. The van der Waals surface area contributed by atoms with E-state index in [0.717, 1.165) is 42.2 Å². The van der Waals surface area contributed by atoms with Gasteiger partial charge in [-0.1, -0.05) is 38.1 Å². The molecule has 0 saturated carbocycles. The number of hydrogen-bond acceptors (Lipinski definition) is 3. The maximum Gasteiger partial charge on any atom is 0.265 e. The third-order valence-corrected chi connectivity index (χ3v) is 4.75. The van der Waals surface area contributed by atoms with Crippen molar-refractivity contribution in [3.05, 3.63) is 59.2 Å². The molecule has 140 valence electrons. The lowest BCUT2D eigenvalue weighted by Crippen LogP contribution is -2.30. The van der Waals surface area contributed by atoms with E-state index in [2.05, 4.69) is 36.2 Å². The molecule has 0 spiro atoms. The molecule has 0 heterocycles. The number of ether oxygens (including phenoxy) is 1. The van der Waals surface area contributed by atoms with Gasteiger partial charge in [-0.05, 0) is 68.8 Å². The van der Waals surface area contributed by atoms with Crippen LogP contribution in [-0.4, -0.2) is 30.0 Å². The van der Waals surface area contributed by atoms with E-state index in [4.69, 9.17) is 4.74 Å². The first-order valence-corrected chi connectivity index (χ1v) is 9.29. The first-order chi connectivity index (χ1) is 12.4. The largest absolute Gasteiger partial charge is 0.481 e. The second-order valence-electron chi connectivity index (χ2n) is 6.61. The quantitative estimate of drug-likeness (QED) is 0.756. The van der Waals surface area contributed by atoms with Gasteiger partial charge in [0, 0.05) is 12.2 Å². The second kappa shape index (κ2) is 9.39. The molecule has 1 N–H and O–H groups in total. The fraction of sp³-hybridized carbons (Fsp3) is 0.409. The minimum Gasteiger partial charge on any atom is -0.481 e. The number of anilines is 1. The van der Waals surface area contributed by atoms with Crippen molar-refractivity contribution in [3.8, 4) is 5.75 Å². The summed E-state index contributed by atoms with van der Waals surface area (Å²) in [5.74, 6) is 0.601. The number of carbonyl (C=O) groups excluding carboxylic acids is 1. The highest BCUT2D eigenvalue weighted by Gasteiger charge is 2.16. The van der Waals surface area contributed by atoms with Gasteiger partial charge in [-0.25, -0.2) is 0 Å². The van der Waals surface area contributed by atoms with Gasteiger partial charge in [0.2, 0.25) is 0 Å². The van der Waals surface area contributed by atoms with E-state index >= 15 is 0 Å². The molecule has 2 aromatic carbocycles. The summed E-state index contributed by atoms with van der Waals surface area (Å²) >= 11 is 0. The molecule has 1 atom stereocenters. The molecule has 4 heteroatoms. The number of carbonyl (C=O) groups is 1. The summed E-state index contributed by atoms with van der Waals surface area (Å²) < 4.78 is 5.85. The standard InChI is InChI=1S/C22H30N2O2/c1-6-24(7-2)15-19-11-13-20(14-12-19)23-22(25)18(5)26-21-10-8-9-16(3)17(21)4/h8-14,18H,6-7,15H2,1-5H3,(H,23,25)/t18-/m0/s1. The predicted molar refractivity (Wildman–Crippen MR) is 108 cm³/mol. The summed E-state index contributed by atoms with van der Waals surface area (Å²) in [6.45, 7) is 13.1. The Balaban J connectivity index is 1.95. The van der Waals surface area contributed by atoms with Crippen LogP contribution in [0.25, 0.3) is 0 Å². The maximum absolute atomic E-state index is 12.4. The second-order valence-corrected chi connectivity index (χ2v) is 6.61. The van der Waals surface area contributed by atoms with Gasteiger partial charge in [-0.15, -0.1) is 0 Å². The average molecular weight is 354 g/mol. The molecule has 0 aliphatic rings. The van der Waals surface area contributed by atoms with Crippen molar-refractivity contribution in [2.45, 2.75) is 47.3 Å². The Kier molecular flexibility index (Phi) is 7.22. The number of nitrogens with zero attached hydrogens (tertiary/aromatic N) is 1. The highest BCUT2D eigenvalue weighted by molar-refractivity contribution is 5.94. The number of amides is 1. The van der Waals surface area contributed by atoms with E-state index in [9.17, 15) is 4.79 Å². The van der Waals surface area contributed by atoms with E-state index in [1.807, 2.05) is 44.2 Å². The van der Waals surface area contributed by atoms with Gasteiger partial charge in [0.25, 0.3) is 5.91 Å². The predicted octanol–water partition coefficient (Wildman–Crippen LogP) is 4.55. The Morgan fingerprint density at radius 3 is 2.35 bits per heavy atom. The smallest absolute Gasteiger partial charge is 0.265 e. The van der Waals surface area contributed by atoms with Crippen LogP contribution in [0.5, 0.6) is 5.75 Å². The molecule has 26 heavy (non-hydrogen) atoms. The Morgan fingerprint density at radius 1 is 1.08 bits per heavy atom. The summed E-state index contributed by atoms with van der Waals surface area (Å²) in [5.41, 5.74) is 4.24. The number of rotatable bonds is 8. The lowest BCUT2D eigenvalue weighted by Gasteiger charge is -2.19. The zero-order valence-corrected chi connectivity index (χ0v) is 16.5. The lowest BCUT2D eigenvalue weighted by atomic mass is 10.1. The van der Waals surface area contributed by atoms with Crippen molar-refractivity contribution in [1.29, 1.82) is 0 Å². The number of aryl methyl sites for hydroxylation is 1. The van der Waals surface area contributed by atoms with Crippen LogP contribution in [0, 0.1) is 13.8 Å². The highest BCUT2D eigenvalue weighted by atomic mass is 16.5. The third kappa shape index (κ3) is 5.33. The van der Waals surface area contributed by atoms with Crippen LogP contribution in [-0.2, 0) is 11.3 Å². The van der Waals surface area contributed by atoms with Crippen LogP contribution < -0.4 is 10.1 Å². The van der Waals surface area contributed by atoms with Crippen LogP contribution in [0.15, 0.2) is 42.5 Å². The fourth-order valence-electron chi connectivity index (χ4n) is 2.74. The molecule has 0 aliphatic heterocycles. The van der Waals surface area contributed by atoms with Crippen molar-refractivity contribution < 1.29 is 9.53 Å². The summed E-state index contributed by atoms with van der Waals surface area (Å²) in [6.07, 6.45) is -0.564. The molecule has 1 amide bonds. The van der Waals surface area contributed by atoms with Crippen molar-refractivity contribution in [3.63, 3.8) is 0 Å². The normalized spacial score (nSPS) is 12.1. The van der Waals surface area contributed by atoms with Crippen molar-refractivity contribution >= 4 is 11.6 Å². The van der Waals surface area contributed by atoms with E-state index < -0.39 is 6.10 Å². The van der Waals surface area contributed by atoms with Crippen LogP contribution in [0.3, 0.4) is 0 Å². The van der Waals surface area contributed by atoms with Gasteiger partial charge in [0.05, 0.1) is 0 Å². The maximum atomic E-state index is 12.4. The topological polar surface area (TPSA) is 41.6 Å². The number of hydrogen-bond donors (Lipinski definition) is 1. The molecule has 4 nitrogen and oxygen atoms in total. The SMILES string of the molecule is CCN(CC)Cc1ccc(NC(=O)[C@H](C)Oc2cccc(C)c2C)cc1. The van der Waals surface area contributed by atoms with Gasteiger partial charge in [0.15, 0.2) is 6.10 Å². The van der Waals surface area contributed by atoms with E-state index in [0.29, 0.717) is 0 Å². The van der Waals surface area contributed by atoms with Crippen LogP contribution in [0.4, 0.5) is 5.69 Å². The molecule has 0 saturated heterocycles. The molecule has 2 rings (SSSR count). The Morgan fingerprint density at radius 2 is 1.73 bits per heavy atom. The molecule has 0 fully saturated rings. The zero-order valence-electron chi connectivity index (χ0n) is 16.5. The summed E-state index contributed by atoms with van der Waals surface area (Å²) in [4.78, 5) is 14.8.